The van der Waals surface area contributed by atoms with Crippen LogP contribution in [0, 0.1) is 16.7 Å². The molecular weight excluding hydrogens is 348 g/mol. The van der Waals surface area contributed by atoms with Crippen LogP contribution in [-0.2, 0) is 22.4 Å². The zero-order valence-electron chi connectivity index (χ0n) is 15.1. The van der Waals surface area contributed by atoms with Gasteiger partial charge in [-0.3, -0.25) is 9.59 Å². The van der Waals surface area contributed by atoms with Gasteiger partial charge in [-0.25, -0.2) is 0 Å². The highest BCUT2D eigenvalue weighted by Crippen LogP contribution is 2.41. The summed E-state index contributed by atoms with van der Waals surface area (Å²) in [6, 6.07) is 2.27. The van der Waals surface area contributed by atoms with Crippen LogP contribution < -0.4 is 5.32 Å². The molecule has 1 aromatic rings. The Bertz CT molecular complexity index is 726. The number of carboxylic acid groups (broad SMARTS) is 1. The zero-order chi connectivity index (χ0) is 18.6. The number of anilines is 1. The van der Waals surface area contributed by atoms with E-state index in [2.05, 4.69) is 11.4 Å². The number of aliphatic carboxylic acids is 1. The van der Waals surface area contributed by atoms with Crippen molar-refractivity contribution in [1.29, 1.82) is 5.26 Å². The maximum atomic E-state index is 12.6. The van der Waals surface area contributed by atoms with Crippen LogP contribution >= 0.6 is 11.3 Å². The molecule has 6 heteroatoms. The molecule has 140 valence electrons. The van der Waals surface area contributed by atoms with Crippen LogP contribution in [0.4, 0.5) is 5.00 Å². The Morgan fingerprint density at radius 3 is 2.38 bits per heavy atom. The third-order valence-corrected chi connectivity index (χ3v) is 7.01. The van der Waals surface area contributed by atoms with E-state index in [1.165, 1.54) is 29.1 Å². The predicted molar refractivity (Wildman–Crippen MR) is 101 cm³/mol. The van der Waals surface area contributed by atoms with Crippen LogP contribution in [0.25, 0.3) is 0 Å². The Labute approximate surface area is 158 Å². The molecule has 26 heavy (non-hydrogen) atoms. The van der Waals surface area contributed by atoms with Crippen LogP contribution in [0.15, 0.2) is 0 Å². The van der Waals surface area contributed by atoms with Gasteiger partial charge in [0.25, 0.3) is 0 Å². The van der Waals surface area contributed by atoms with Crippen molar-refractivity contribution in [3.63, 3.8) is 0 Å². The topological polar surface area (TPSA) is 90.2 Å². The van der Waals surface area contributed by atoms with Crippen molar-refractivity contribution < 1.29 is 14.7 Å². The second-order valence-corrected chi connectivity index (χ2v) is 8.71. The Balaban J connectivity index is 1.77. The molecule has 1 heterocycles. The van der Waals surface area contributed by atoms with Crippen LogP contribution in [-0.4, -0.2) is 17.0 Å². The summed E-state index contributed by atoms with van der Waals surface area (Å²) in [5, 5.41) is 22.8. The third-order valence-electron chi connectivity index (χ3n) is 5.80. The van der Waals surface area contributed by atoms with Gasteiger partial charge < -0.3 is 10.4 Å². The standard InChI is InChI=1S/C20H26N2O3S/c21-13-15-14-8-4-1-2-5-9-16(14)26-18(15)22-17(23)12-20(19(24)25)10-6-3-7-11-20/h1-12H2,(H,22,23)(H,24,25). The van der Waals surface area contributed by atoms with Crippen molar-refractivity contribution in [2.24, 2.45) is 5.41 Å². The minimum absolute atomic E-state index is 0.00420. The van der Waals surface area contributed by atoms with Crippen LogP contribution in [0.1, 0.15) is 80.2 Å². The molecule has 5 nitrogen and oxygen atoms in total. The van der Waals surface area contributed by atoms with E-state index >= 15 is 0 Å². The van der Waals surface area contributed by atoms with Gasteiger partial charge >= 0.3 is 5.97 Å². The number of nitrogens with zero attached hydrogens (tertiary/aromatic N) is 1. The lowest BCUT2D eigenvalue weighted by molar-refractivity contribution is -0.153. The van der Waals surface area contributed by atoms with Crippen molar-refractivity contribution in [1.82, 2.24) is 0 Å². The number of nitriles is 1. The van der Waals surface area contributed by atoms with Crippen molar-refractivity contribution in [2.45, 2.75) is 77.0 Å². The zero-order valence-corrected chi connectivity index (χ0v) is 15.9. The second kappa shape index (κ2) is 8.22. The molecular formula is C20H26N2O3S. The minimum atomic E-state index is -0.943. The quantitative estimate of drug-likeness (QED) is 0.803. The number of aryl methyl sites for hydroxylation is 1. The number of thiophene rings is 1. The summed E-state index contributed by atoms with van der Waals surface area (Å²) in [6.45, 7) is 0. The fourth-order valence-electron chi connectivity index (χ4n) is 4.30. The van der Waals surface area contributed by atoms with Gasteiger partial charge in [0.15, 0.2) is 0 Å². The summed E-state index contributed by atoms with van der Waals surface area (Å²) in [6.07, 6.45) is 10.3. The van der Waals surface area contributed by atoms with Gasteiger partial charge in [0, 0.05) is 11.3 Å². The van der Waals surface area contributed by atoms with Crippen molar-refractivity contribution in [2.75, 3.05) is 5.32 Å². The molecule has 0 atom stereocenters. The molecule has 1 fully saturated rings. The van der Waals surface area contributed by atoms with Gasteiger partial charge in [-0.1, -0.05) is 32.1 Å². The summed E-state index contributed by atoms with van der Waals surface area (Å²) in [7, 11) is 0. The molecule has 1 saturated carbocycles. The lowest BCUT2D eigenvalue weighted by Crippen LogP contribution is -2.37. The van der Waals surface area contributed by atoms with E-state index in [4.69, 9.17) is 0 Å². The summed E-state index contributed by atoms with van der Waals surface area (Å²) in [5.74, 6) is -1.15. The lowest BCUT2D eigenvalue weighted by atomic mass is 9.71. The van der Waals surface area contributed by atoms with Gasteiger partial charge in [-0.05, 0) is 44.1 Å². The number of hydrogen-bond donors (Lipinski definition) is 2. The Kier molecular flexibility index (Phi) is 5.98. The number of carbonyl (C=O) groups is 2. The van der Waals surface area contributed by atoms with E-state index in [1.54, 1.807) is 0 Å². The molecule has 0 radical (unpaired) electrons. The van der Waals surface area contributed by atoms with Gasteiger partial charge in [-0.2, -0.15) is 5.26 Å². The molecule has 0 unspecified atom stereocenters. The molecule has 0 saturated heterocycles. The predicted octanol–water partition coefficient (Wildman–Crippen LogP) is 4.64. The number of hydrogen-bond acceptors (Lipinski definition) is 4. The average Bonchev–Trinajstić information content (AvgIpc) is 2.90. The van der Waals surface area contributed by atoms with Crippen LogP contribution in [0.3, 0.4) is 0 Å². The van der Waals surface area contributed by atoms with E-state index in [0.717, 1.165) is 50.5 Å². The van der Waals surface area contributed by atoms with E-state index in [-0.39, 0.29) is 12.3 Å². The molecule has 1 aromatic heterocycles. The Hall–Kier alpha value is -1.87. The van der Waals surface area contributed by atoms with Crippen molar-refractivity contribution in [3.8, 4) is 6.07 Å². The number of rotatable bonds is 4. The van der Waals surface area contributed by atoms with E-state index in [9.17, 15) is 20.0 Å². The molecule has 0 aromatic carbocycles. The molecule has 0 aliphatic heterocycles. The molecule has 0 spiro atoms. The van der Waals surface area contributed by atoms with Gasteiger partial charge in [0.05, 0.1) is 11.0 Å². The first-order valence-electron chi connectivity index (χ1n) is 9.64. The van der Waals surface area contributed by atoms with Gasteiger partial charge in [0.2, 0.25) is 5.91 Å². The fraction of sp³-hybridized carbons (Fsp3) is 0.650. The first kappa shape index (κ1) is 18.9. The first-order chi connectivity index (χ1) is 12.6. The highest BCUT2D eigenvalue weighted by atomic mass is 32.1. The Morgan fingerprint density at radius 2 is 1.73 bits per heavy atom. The Morgan fingerprint density at radius 1 is 1.08 bits per heavy atom. The number of fused-ring (bicyclic) bond motifs is 1. The van der Waals surface area contributed by atoms with Gasteiger partial charge in [0.1, 0.15) is 11.1 Å². The van der Waals surface area contributed by atoms with Crippen LogP contribution in [0.5, 0.6) is 0 Å². The van der Waals surface area contributed by atoms with Gasteiger partial charge in [-0.15, -0.1) is 11.3 Å². The van der Waals surface area contributed by atoms with E-state index in [0.29, 0.717) is 23.4 Å². The SMILES string of the molecule is N#Cc1c(NC(=O)CC2(C(=O)O)CCCCC2)sc2c1CCCCCC2. The summed E-state index contributed by atoms with van der Waals surface area (Å²) >= 11 is 1.50. The largest absolute Gasteiger partial charge is 0.481 e. The third kappa shape index (κ3) is 3.93. The molecule has 2 aliphatic rings. The van der Waals surface area contributed by atoms with Crippen LogP contribution in [0.2, 0.25) is 0 Å². The monoisotopic (exact) mass is 374 g/mol. The molecule has 2 aliphatic carbocycles. The van der Waals surface area contributed by atoms with E-state index in [1.807, 2.05) is 0 Å². The highest BCUT2D eigenvalue weighted by molar-refractivity contribution is 7.16. The number of carbonyl (C=O) groups excluding carboxylic acids is 1. The smallest absolute Gasteiger partial charge is 0.310 e. The molecule has 3 rings (SSSR count). The fourth-order valence-corrected chi connectivity index (χ4v) is 5.55. The maximum absolute atomic E-state index is 12.6. The summed E-state index contributed by atoms with van der Waals surface area (Å²) in [4.78, 5) is 25.6. The summed E-state index contributed by atoms with van der Waals surface area (Å²) < 4.78 is 0. The van der Waals surface area contributed by atoms with Crippen molar-refractivity contribution >= 4 is 28.2 Å². The first-order valence-corrected chi connectivity index (χ1v) is 10.5. The van der Waals surface area contributed by atoms with E-state index < -0.39 is 11.4 Å². The number of amides is 1. The number of nitrogens with one attached hydrogen (secondary N) is 1. The molecule has 1 amide bonds. The second-order valence-electron chi connectivity index (χ2n) is 7.61. The molecule has 2 N–H and O–H groups in total. The maximum Gasteiger partial charge on any atom is 0.310 e. The summed E-state index contributed by atoms with van der Waals surface area (Å²) in [5.41, 5.74) is 0.743. The minimum Gasteiger partial charge on any atom is -0.481 e. The lowest BCUT2D eigenvalue weighted by Gasteiger charge is -2.32. The van der Waals surface area contributed by atoms with Crippen molar-refractivity contribution in [3.05, 3.63) is 16.0 Å². The average molecular weight is 375 g/mol. The normalized spacial score (nSPS) is 19.5. The number of carboxylic acids is 1. The highest BCUT2D eigenvalue weighted by Gasteiger charge is 2.41. The molecule has 0 bridgehead atoms.